The summed E-state index contributed by atoms with van der Waals surface area (Å²) in [4.78, 5) is 12.1. The first-order chi connectivity index (χ1) is 7.67. The number of Topliss-reactive ketones (excluding diaryl/α,β-unsaturated/α-hetero) is 1. The highest BCUT2D eigenvalue weighted by Gasteiger charge is 2.42. The van der Waals surface area contributed by atoms with E-state index < -0.39 is 0 Å². The molecule has 2 heterocycles. The summed E-state index contributed by atoms with van der Waals surface area (Å²) < 4.78 is 5.93. The molecule has 3 nitrogen and oxygen atoms in total. The van der Waals surface area contributed by atoms with Crippen molar-refractivity contribution in [3.63, 3.8) is 0 Å². The number of carbonyl (C=O) groups excluding carboxylic acids is 1. The molecule has 1 spiro atoms. The quantitative estimate of drug-likeness (QED) is 0.814. The highest BCUT2D eigenvalue weighted by Crippen LogP contribution is 2.40. The summed E-state index contributed by atoms with van der Waals surface area (Å²) in [6.07, 6.45) is 2.96. The van der Waals surface area contributed by atoms with Gasteiger partial charge in [0.15, 0.2) is 5.78 Å². The Hall–Kier alpha value is -0.0600. The Morgan fingerprint density at radius 2 is 2.44 bits per heavy atom. The van der Waals surface area contributed by atoms with Crippen LogP contribution in [0.25, 0.3) is 0 Å². The Labute approximate surface area is 102 Å². The number of hydrogen-bond donors (Lipinski definition) is 1. The van der Waals surface area contributed by atoms with Crippen LogP contribution in [0.2, 0.25) is 0 Å². The summed E-state index contributed by atoms with van der Waals surface area (Å²) in [7, 11) is 1.85. The van der Waals surface area contributed by atoms with Crippen molar-refractivity contribution in [2.75, 3.05) is 25.2 Å². The minimum absolute atomic E-state index is 0.0193. The highest BCUT2D eigenvalue weighted by molar-refractivity contribution is 7.99. The second-order valence-electron chi connectivity index (χ2n) is 4.94. The van der Waals surface area contributed by atoms with Crippen LogP contribution < -0.4 is 5.32 Å². The van der Waals surface area contributed by atoms with E-state index in [-0.39, 0.29) is 17.6 Å². The van der Waals surface area contributed by atoms with E-state index in [0.717, 1.165) is 31.6 Å². The van der Waals surface area contributed by atoms with Gasteiger partial charge in [0.25, 0.3) is 0 Å². The van der Waals surface area contributed by atoms with Crippen molar-refractivity contribution in [3.8, 4) is 0 Å². The lowest BCUT2D eigenvalue weighted by atomic mass is 9.81. The fraction of sp³-hybridized carbons (Fsp3) is 0.917. The summed E-state index contributed by atoms with van der Waals surface area (Å²) in [5, 5.41) is 3.05. The molecule has 0 saturated carbocycles. The molecule has 92 valence electrons. The largest absolute Gasteiger partial charge is 0.374 e. The molecule has 16 heavy (non-hydrogen) atoms. The maximum atomic E-state index is 12.1. The molecule has 3 atom stereocenters. The lowest BCUT2D eigenvalue weighted by molar-refractivity contribution is -0.135. The van der Waals surface area contributed by atoms with Crippen molar-refractivity contribution < 1.29 is 9.53 Å². The molecule has 3 unspecified atom stereocenters. The van der Waals surface area contributed by atoms with Gasteiger partial charge in [0, 0.05) is 18.3 Å². The number of nitrogens with one attached hydrogen (secondary N) is 1. The maximum Gasteiger partial charge on any atom is 0.152 e. The Bertz CT molecular complexity index is 264. The van der Waals surface area contributed by atoms with E-state index in [1.54, 1.807) is 0 Å². The highest BCUT2D eigenvalue weighted by atomic mass is 32.2. The Morgan fingerprint density at radius 1 is 1.62 bits per heavy atom. The fourth-order valence-corrected chi connectivity index (χ4v) is 4.01. The van der Waals surface area contributed by atoms with Gasteiger partial charge in [-0.15, -0.1) is 0 Å². The minimum Gasteiger partial charge on any atom is -0.374 e. The minimum atomic E-state index is -0.0193. The third-order valence-electron chi connectivity index (χ3n) is 3.82. The van der Waals surface area contributed by atoms with Gasteiger partial charge in [-0.25, -0.2) is 0 Å². The molecule has 0 aromatic heterocycles. The van der Waals surface area contributed by atoms with Crippen molar-refractivity contribution in [2.24, 2.45) is 5.92 Å². The van der Waals surface area contributed by atoms with Gasteiger partial charge in [0.05, 0.1) is 11.6 Å². The van der Waals surface area contributed by atoms with E-state index in [1.165, 1.54) is 5.75 Å². The van der Waals surface area contributed by atoms with Crippen LogP contribution in [-0.2, 0) is 9.53 Å². The normalized spacial score (nSPS) is 36.5. The molecule has 0 radical (unpaired) electrons. The van der Waals surface area contributed by atoms with E-state index in [4.69, 9.17) is 4.74 Å². The number of carbonyl (C=O) groups is 1. The summed E-state index contributed by atoms with van der Waals surface area (Å²) in [5.41, 5.74) is 0.0245. The van der Waals surface area contributed by atoms with Gasteiger partial charge in [-0.1, -0.05) is 0 Å². The summed E-state index contributed by atoms with van der Waals surface area (Å²) in [6, 6.07) is -0.0193. The summed E-state index contributed by atoms with van der Waals surface area (Å²) in [5.74, 6) is 2.82. The zero-order valence-corrected chi connectivity index (χ0v) is 10.9. The van der Waals surface area contributed by atoms with E-state index in [1.807, 2.05) is 25.7 Å². The first kappa shape index (κ1) is 12.4. The zero-order chi connectivity index (χ0) is 11.6. The summed E-state index contributed by atoms with van der Waals surface area (Å²) in [6.45, 7) is 2.71. The second kappa shape index (κ2) is 5.07. The van der Waals surface area contributed by atoms with Gasteiger partial charge >= 0.3 is 0 Å². The number of ketones is 1. The van der Waals surface area contributed by atoms with Crippen molar-refractivity contribution in [1.82, 2.24) is 5.32 Å². The molecule has 2 saturated heterocycles. The molecule has 1 N–H and O–H groups in total. The molecular weight excluding hydrogens is 222 g/mol. The molecule has 2 aliphatic rings. The molecule has 0 bridgehead atoms. The molecule has 0 amide bonds. The number of likely N-dealkylation sites (N-methyl/N-ethyl adjacent to an activating group) is 1. The molecule has 2 fully saturated rings. The topological polar surface area (TPSA) is 38.3 Å². The number of ether oxygens (including phenoxy) is 1. The Balaban J connectivity index is 1.98. The molecule has 0 aliphatic carbocycles. The van der Waals surface area contributed by atoms with Crippen molar-refractivity contribution in [3.05, 3.63) is 0 Å². The first-order valence-corrected chi connectivity index (χ1v) is 7.25. The molecule has 4 heteroatoms. The van der Waals surface area contributed by atoms with Crippen molar-refractivity contribution in [1.29, 1.82) is 0 Å². The SMILES string of the molecule is CNC(C)C(=O)C1CCOC2(CCSC2)C1. The van der Waals surface area contributed by atoms with Gasteiger partial charge in [-0.05, 0) is 39.0 Å². The van der Waals surface area contributed by atoms with E-state index in [9.17, 15) is 4.79 Å². The predicted octanol–water partition coefficient (Wildman–Crippen LogP) is 1.47. The molecule has 2 aliphatic heterocycles. The third-order valence-corrected chi connectivity index (χ3v) is 5.05. The molecular formula is C12H21NO2S. The van der Waals surface area contributed by atoms with Crippen molar-refractivity contribution in [2.45, 2.75) is 37.8 Å². The number of hydrogen-bond acceptors (Lipinski definition) is 4. The second-order valence-corrected chi connectivity index (χ2v) is 6.04. The van der Waals surface area contributed by atoms with Crippen molar-refractivity contribution >= 4 is 17.5 Å². The van der Waals surface area contributed by atoms with E-state index in [2.05, 4.69) is 5.32 Å². The van der Waals surface area contributed by atoms with Crippen LogP contribution in [0.15, 0.2) is 0 Å². The molecule has 0 aromatic rings. The van der Waals surface area contributed by atoms with Crippen LogP contribution in [-0.4, -0.2) is 42.6 Å². The lowest BCUT2D eigenvalue weighted by Crippen LogP contribution is -2.45. The number of thioether (sulfide) groups is 1. The van der Waals surface area contributed by atoms with Gasteiger partial charge in [-0.2, -0.15) is 11.8 Å². The van der Waals surface area contributed by atoms with E-state index >= 15 is 0 Å². The van der Waals surface area contributed by atoms with Crippen LogP contribution >= 0.6 is 11.8 Å². The number of rotatable bonds is 3. The van der Waals surface area contributed by atoms with Crippen LogP contribution in [0.3, 0.4) is 0 Å². The standard InChI is InChI=1S/C12H21NO2S/c1-9(13-2)11(14)10-3-5-15-12(7-10)4-6-16-8-12/h9-10,13H,3-8H2,1-2H3. The zero-order valence-electron chi connectivity index (χ0n) is 10.1. The van der Waals surface area contributed by atoms with Crippen LogP contribution in [0.4, 0.5) is 0 Å². The molecule has 0 aromatic carbocycles. The predicted molar refractivity (Wildman–Crippen MR) is 66.9 cm³/mol. The summed E-state index contributed by atoms with van der Waals surface area (Å²) >= 11 is 1.96. The lowest BCUT2D eigenvalue weighted by Gasteiger charge is -2.37. The molecule has 2 rings (SSSR count). The van der Waals surface area contributed by atoms with Gasteiger partial charge in [0.2, 0.25) is 0 Å². The third kappa shape index (κ3) is 2.44. The maximum absolute atomic E-state index is 12.1. The average Bonchev–Trinajstić information content (AvgIpc) is 2.75. The van der Waals surface area contributed by atoms with Crippen LogP contribution in [0.5, 0.6) is 0 Å². The van der Waals surface area contributed by atoms with E-state index in [0.29, 0.717) is 5.78 Å². The Kier molecular flexibility index (Phi) is 3.93. The van der Waals surface area contributed by atoms with Gasteiger partial charge in [0.1, 0.15) is 0 Å². The van der Waals surface area contributed by atoms with Crippen LogP contribution in [0.1, 0.15) is 26.2 Å². The first-order valence-electron chi connectivity index (χ1n) is 6.09. The van der Waals surface area contributed by atoms with Crippen LogP contribution in [0, 0.1) is 5.92 Å². The smallest absolute Gasteiger partial charge is 0.152 e. The average molecular weight is 243 g/mol. The monoisotopic (exact) mass is 243 g/mol. The van der Waals surface area contributed by atoms with Gasteiger partial charge in [-0.3, -0.25) is 4.79 Å². The van der Waals surface area contributed by atoms with Gasteiger partial charge < -0.3 is 10.1 Å². The fourth-order valence-electron chi connectivity index (χ4n) is 2.63. The Morgan fingerprint density at radius 3 is 3.06 bits per heavy atom.